The van der Waals surface area contributed by atoms with Gasteiger partial charge in [0.15, 0.2) is 0 Å². The lowest BCUT2D eigenvalue weighted by atomic mass is 10.00. The zero-order valence-corrected chi connectivity index (χ0v) is 6.47. The molecule has 0 unspecified atom stereocenters. The van der Waals surface area contributed by atoms with Crippen molar-refractivity contribution in [3.05, 3.63) is 0 Å². The minimum atomic E-state index is 0.373. The highest BCUT2D eigenvalue weighted by Crippen LogP contribution is 2.47. The Morgan fingerprint density at radius 1 is 1.40 bits per heavy atom. The fraction of sp³-hybridized carbons (Fsp3) is 0.889. The fourth-order valence-corrected chi connectivity index (χ4v) is 2.11. The Hall–Kier alpha value is -0.330. The van der Waals surface area contributed by atoms with E-state index in [0.717, 1.165) is 12.3 Å². The van der Waals surface area contributed by atoms with Gasteiger partial charge in [0.1, 0.15) is 5.78 Å². The Morgan fingerprint density at radius 2 is 2.20 bits per heavy atom. The predicted molar refractivity (Wildman–Crippen MR) is 39.6 cm³/mol. The van der Waals surface area contributed by atoms with Crippen LogP contribution in [0.15, 0.2) is 0 Å². The first-order valence-electron chi connectivity index (χ1n) is 4.33. The summed E-state index contributed by atoms with van der Waals surface area (Å²) in [4.78, 5) is 11.4. The molecule has 3 atom stereocenters. The van der Waals surface area contributed by atoms with Crippen molar-refractivity contribution in [3.63, 3.8) is 0 Å². The molecule has 0 aromatic heterocycles. The maximum absolute atomic E-state index is 11.4. The molecule has 2 saturated carbocycles. The molecule has 1 nitrogen and oxygen atoms in total. The molecular formula is C9H14O. The number of hydrogen-bond donors (Lipinski definition) is 0. The summed E-state index contributed by atoms with van der Waals surface area (Å²) in [7, 11) is 0. The second kappa shape index (κ2) is 2.08. The SMILES string of the molecule is C[C@@H]1CCC[C@H]2C[C@H]2C1=O. The van der Waals surface area contributed by atoms with Crippen LogP contribution in [0.4, 0.5) is 0 Å². The molecule has 0 heterocycles. The molecule has 2 aliphatic rings. The molecule has 10 heavy (non-hydrogen) atoms. The largest absolute Gasteiger partial charge is 0.299 e. The summed E-state index contributed by atoms with van der Waals surface area (Å²) in [5, 5.41) is 0. The number of fused-ring (bicyclic) bond motifs is 1. The third-order valence-electron chi connectivity index (χ3n) is 2.99. The second-order valence-electron chi connectivity index (χ2n) is 3.84. The van der Waals surface area contributed by atoms with E-state index in [1.54, 1.807) is 0 Å². The molecule has 0 saturated heterocycles. The Labute approximate surface area is 61.8 Å². The normalized spacial score (nSPS) is 46.1. The van der Waals surface area contributed by atoms with Crippen LogP contribution in [0.2, 0.25) is 0 Å². The molecular weight excluding hydrogens is 124 g/mol. The molecule has 2 fully saturated rings. The summed E-state index contributed by atoms with van der Waals surface area (Å²) < 4.78 is 0. The topological polar surface area (TPSA) is 17.1 Å². The average Bonchev–Trinajstić information content (AvgIpc) is 2.64. The summed E-state index contributed by atoms with van der Waals surface area (Å²) in [6.45, 7) is 2.09. The van der Waals surface area contributed by atoms with E-state index in [-0.39, 0.29) is 0 Å². The van der Waals surface area contributed by atoms with Crippen LogP contribution in [0.3, 0.4) is 0 Å². The number of carbonyl (C=O) groups is 1. The van der Waals surface area contributed by atoms with Gasteiger partial charge in [-0.3, -0.25) is 4.79 Å². The van der Waals surface area contributed by atoms with Gasteiger partial charge in [-0.25, -0.2) is 0 Å². The first-order chi connectivity index (χ1) is 4.79. The molecule has 0 amide bonds. The average molecular weight is 138 g/mol. The lowest BCUT2D eigenvalue weighted by Crippen LogP contribution is -2.11. The first-order valence-corrected chi connectivity index (χ1v) is 4.33. The summed E-state index contributed by atoms with van der Waals surface area (Å²) in [6, 6.07) is 0. The Bertz CT molecular complexity index is 158. The molecule has 0 aromatic carbocycles. The zero-order chi connectivity index (χ0) is 7.14. The third-order valence-corrected chi connectivity index (χ3v) is 2.99. The van der Waals surface area contributed by atoms with Gasteiger partial charge in [0.05, 0.1) is 0 Å². The van der Waals surface area contributed by atoms with E-state index in [1.807, 2.05) is 0 Å². The van der Waals surface area contributed by atoms with Crippen molar-refractivity contribution >= 4 is 5.78 Å². The molecule has 1 heteroatoms. The quantitative estimate of drug-likeness (QED) is 0.500. The molecule has 2 rings (SSSR count). The van der Waals surface area contributed by atoms with E-state index in [0.29, 0.717) is 17.6 Å². The van der Waals surface area contributed by atoms with Crippen molar-refractivity contribution in [1.29, 1.82) is 0 Å². The monoisotopic (exact) mass is 138 g/mol. The van der Waals surface area contributed by atoms with Gasteiger partial charge in [0, 0.05) is 11.8 Å². The highest BCUT2D eigenvalue weighted by molar-refractivity contribution is 5.85. The number of rotatable bonds is 0. The van der Waals surface area contributed by atoms with E-state index >= 15 is 0 Å². The molecule has 0 aliphatic heterocycles. The Balaban J connectivity index is 2.08. The highest BCUT2D eigenvalue weighted by atomic mass is 16.1. The van der Waals surface area contributed by atoms with Crippen LogP contribution >= 0.6 is 0 Å². The molecule has 0 radical (unpaired) electrons. The molecule has 56 valence electrons. The Morgan fingerprint density at radius 3 is 3.00 bits per heavy atom. The van der Waals surface area contributed by atoms with Crippen LogP contribution in [0.1, 0.15) is 32.6 Å². The van der Waals surface area contributed by atoms with Crippen LogP contribution in [-0.4, -0.2) is 5.78 Å². The van der Waals surface area contributed by atoms with E-state index in [4.69, 9.17) is 0 Å². The molecule has 0 N–H and O–H groups in total. The number of Topliss-reactive ketones (excluding diaryl/α,β-unsaturated/α-hetero) is 1. The number of carbonyl (C=O) groups excluding carboxylic acids is 1. The van der Waals surface area contributed by atoms with Crippen LogP contribution < -0.4 is 0 Å². The van der Waals surface area contributed by atoms with Crippen molar-refractivity contribution in [2.75, 3.05) is 0 Å². The van der Waals surface area contributed by atoms with E-state index in [2.05, 4.69) is 6.92 Å². The van der Waals surface area contributed by atoms with Crippen LogP contribution in [0.25, 0.3) is 0 Å². The molecule has 0 aromatic rings. The minimum absolute atomic E-state index is 0.373. The van der Waals surface area contributed by atoms with Gasteiger partial charge in [-0.2, -0.15) is 0 Å². The zero-order valence-electron chi connectivity index (χ0n) is 6.47. The van der Waals surface area contributed by atoms with Crippen molar-refractivity contribution in [1.82, 2.24) is 0 Å². The van der Waals surface area contributed by atoms with Gasteiger partial charge in [-0.05, 0) is 25.2 Å². The molecule has 0 bridgehead atoms. The van der Waals surface area contributed by atoms with Crippen LogP contribution in [-0.2, 0) is 4.79 Å². The van der Waals surface area contributed by atoms with Gasteiger partial charge >= 0.3 is 0 Å². The van der Waals surface area contributed by atoms with E-state index in [9.17, 15) is 4.79 Å². The highest BCUT2D eigenvalue weighted by Gasteiger charge is 2.45. The van der Waals surface area contributed by atoms with Crippen LogP contribution in [0, 0.1) is 17.8 Å². The van der Waals surface area contributed by atoms with Gasteiger partial charge in [-0.15, -0.1) is 0 Å². The van der Waals surface area contributed by atoms with Crippen molar-refractivity contribution < 1.29 is 4.79 Å². The van der Waals surface area contributed by atoms with Gasteiger partial charge in [0.25, 0.3) is 0 Å². The summed E-state index contributed by atoms with van der Waals surface area (Å²) in [5.41, 5.74) is 0. The lowest BCUT2D eigenvalue weighted by Gasteiger charge is -2.04. The third kappa shape index (κ3) is 0.882. The van der Waals surface area contributed by atoms with Gasteiger partial charge in [0.2, 0.25) is 0 Å². The standard InChI is InChI=1S/C9H14O/c1-6-3-2-4-7-5-8(7)9(6)10/h6-8H,2-5H2,1H3/t6-,7+,8-/m1/s1. The van der Waals surface area contributed by atoms with Gasteiger partial charge < -0.3 is 0 Å². The first kappa shape index (κ1) is 6.38. The van der Waals surface area contributed by atoms with Crippen molar-refractivity contribution in [3.8, 4) is 0 Å². The second-order valence-corrected chi connectivity index (χ2v) is 3.84. The van der Waals surface area contributed by atoms with Crippen molar-refractivity contribution in [2.24, 2.45) is 17.8 Å². The Kier molecular flexibility index (Phi) is 1.33. The lowest BCUT2D eigenvalue weighted by molar-refractivity contribution is -0.123. The maximum atomic E-state index is 11.4. The summed E-state index contributed by atoms with van der Waals surface area (Å²) >= 11 is 0. The minimum Gasteiger partial charge on any atom is -0.299 e. The molecule has 2 aliphatic carbocycles. The van der Waals surface area contributed by atoms with Crippen molar-refractivity contribution in [2.45, 2.75) is 32.6 Å². The van der Waals surface area contributed by atoms with E-state index in [1.165, 1.54) is 19.3 Å². The fourth-order valence-electron chi connectivity index (χ4n) is 2.11. The maximum Gasteiger partial charge on any atom is 0.139 e. The number of hydrogen-bond acceptors (Lipinski definition) is 1. The summed E-state index contributed by atoms with van der Waals surface area (Å²) in [6.07, 6.45) is 4.96. The van der Waals surface area contributed by atoms with Crippen LogP contribution in [0.5, 0.6) is 0 Å². The predicted octanol–water partition coefficient (Wildman–Crippen LogP) is 2.01. The van der Waals surface area contributed by atoms with E-state index < -0.39 is 0 Å². The smallest absolute Gasteiger partial charge is 0.139 e. The number of ketones is 1. The molecule has 0 spiro atoms. The summed E-state index contributed by atoms with van der Waals surface area (Å²) in [5.74, 6) is 2.23. The van der Waals surface area contributed by atoms with Gasteiger partial charge in [-0.1, -0.05) is 13.3 Å².